The first-order valence-electron chi connectivity index (χ1n) is 5.68. The van der Waals surface area contributed by atoms with E-state index in [-0.39, 0.29) is 12.5 Å². The summed E-state index contributed by atoms with van der Waals surface area (Å²) in [7, 11) is 0. The van der Waals surface area contributed by atoms with Crippen LogP contribution < -0.4 is 0 Å². The van der Waals surface area contributed by atoms with Gasteiger partial charge in [0.15, 0.2) is 0 Å². The first-order chi connectivity index (χ1) is 8.33. The second kappa shape index (κ2) is 4.72. The van der Waals surface area contributed by atoms with Gasteiger partial charge >= 0.3 is 5.97 Å². The minimum atomic E-state index is -0.466. The highest BCUT2D eigenvalue weighted by molar-refractivity contribution is 9.10. The number of esters is 1. The van der Waals surface area contributed by atoms with Gasteiger partial charge in [-0.2, -0.15) is 5.10 Å². The summed E-state index contributed by atoms with van der Waals surface area (Å²) in [5.41, 5.74) is 0.389. The Morgan fingerprint density at radius 2 is 2.17 bits per heavy atom. The summed E-state index contributed by atoms with van der Waals surface area (Å²) in [6.45, 7) is 5.67. The van der Waals surface area contributed by atoms with Crippen LogP contribution in [0.5, 0.6) is 0 Å². The maximum absolute atomic E-state index is 11.7. The smallest absolute Gasteiger partial charge is 0.328 e. The van der Waals surface area contributed by atoms with Gasteiger partial charge in [-0.25, -0.2) is 0 Å². The fourth-order valence-electron chi connectivity index (χ4n) is 1.63. The molecule has 0 bridgehead atoms. The minimum absolute atomic E-state index is 0.129. The van der Waals surface area contributed by atoms with E-state index in [9.17, 15) is 4.79 Å². The second-order valence-corrected chi connectivity index (χ2v) is 6.03. The molecule has 2 rings (SSSR count). The van der Waals surface area contributed by atoms with Crippen molar-refractivity contribution in [2.24, 2.45) is 0 Å². The van der Waals surface area contributed by atoms with E-state index in [1.54, 1.807) is 4.68 Å². The monoisotopic (exact) mass is 310 g/mol. The van der Waals surface area contributed by atoms with Gasteiger partial charge in [-0.05, 0) is 32.9 Å². The molecule has 2 aromatic rings. The van der Waals surface area contributed by atoms with Crippen molar-refractivity contribution in [1.82, 2.24) is 9.78 Å². The maximum Gasteiger partial charge on any atom is 0.328 e. The predicted molar refractivity (Wildman–Crippen MR) is 73.3 cm³/mol. The average molecular weight is 311 g/mol. The Labute approximate surface area is 114 Å². The molecular weight excluding hydrogens is 296 g/mol. The Balaban J connectivity index is 2.15. The maximum atomic E-state index is 11.7. The number of halogens is 1. The van der Waals surface area contributed by atoms with Crippen LogP contribution in [0.15, 0.2) is 28.9 Å². The van der Waals surface area contributed by atoms with E-state index < -0.39 is 5.60 Å². The van der Waals surface area contributed by atoms with Gasteiger partial charge in [0, 0.05) is 16.1 Å². The molecule has 1 aromatic heterocycles. The van der Waals surface area contributed by atoms with Gasteiger partial charge in [0.05, 0.1) is 5.52 Å². The van der Waals surface area contributed by atoms with Crippen LogP contribution in [0.1, 0.15) is 20.8 Å². The number of benzene rings is 1. The number of ether oxygens (including phenoxy) is 1. The molecule has 0 aliphatic heterocycles. The van der Waals surface area contributed by atoms with Gasteiger partial charge in [0.1, 0.15) is 12.1 Å². The molecule has 5 heteroatoms. The number of carbonyl (C=O) groups is 1. The van der Waals surface area contributed by atoms with Crippen molar-refractivity contribution in [2.45, 2.75) is 32.9 Å². The molecule has 0 spiro atoms. The van der Waals surface area contributed by atoms with Crippen molar-refractivity contribution in [1.29, 1.82) is 0 Å². The fraction of sp³-hybridized carbons (Fsp3) is 0.385. The highest BCUT2D eigenvalue weighted by Crippen LogP contribution is 2.18. The zero-order valence-electron chi connectivity index (χ0n) is 10.6. The van der Waals surface area contributed by atoms with Crippen LogP contribution in [-0.2, 0) is 16.1 Å². The van der Waals surface area contributed by atoms with E-state index in [4.69, 9.17) is 4.74 Å². The van der Waals surface area contributed by atoms with Crippen molar-refractivity contribution in [3.63, 3.8) is 0 Å². The van der Waals surface area contributed by atoms with Crippen LogP contribution in [-0.4, -0.2) is 21.4 Å². The number of aromatic nitrogens is 2. The molecule has 0 aliphatic rings. The van der Waals surface area contributed by atoms with Gasteiger partial charge in [-0.3, -0.25) is 9.48 Å². The Morgan fingerprint density at radius 3 is 2.83 bits per heavy atom. The third kappa shape index (κ3) is 3.32. The molecule has 4 nitrogen and oxygen atoms in total. The molecule has 0 unspecified atom stereocenters. The normalized spacial score (nSPS) is 11.8. The zero-order chi connectivity index (χ0) is 13.3. The quantitative estimate of drug-likeness (QED) is 0.800. The van der Waals surface area contributed by atoms with Crippen LogP contribution in [0, 0.1) is 0 Å². The number of hydrogen-bond donors (Lipinski definition) is 0. The average Bonchev–Trinajstić information content (AvgIpc) is 2.55. The number of rotatable bonds is 2. The first kappa shape index (κ1) is 13.1. The summed E-state index contributed by atoms with van der Waals surface area (Å²) in [6, 6.07) is 5.82. The molecule has 0 atom stereocenters. The molecule has 1 heterocycles. The summed E-state index contributed by atoms with van der Waals surface area (Å²) in [6.07, 6.45) is 1.84. The molecule has 0 amide bonds. The standard InChI is InChI=1S/C13H15BrN2O2/c1-13(2,3)18-12(17)8-16-7-9-4-5-10(14)6-11(9)15-16/h4-7H,8H2,1-3H3. The highest BCUT2D eigenvalue weighted by Gasteiger charge is 2.16. The third-order valence-electron chi connectivity index (χ3n) is 2.23. The third-order valence-corrected chi connectivity index (χ3v) is 2.72. The topological polar surface area (TPSA) is 44.1 Å². The molecule has 0 N–H and O–H groups in total. The molecule has 0 saturated carbocycles. The first-order valence-corrected chi connectivity index (χ1v) is 6.47. The Bertz CT molecular complexity index is 584. The van der Waals surface area contributed by atoms with Crippen molar-refractivity contribution in [3.05, 3.63) is 28.9 Å². The van der Waals surface area contributed by atoms with E-state index in [0.717, 1.165) is 15.4 Å². The Morgan fingerprint density at radius 1 is 1.44 bits per heavy atom. The highest BCUT2D eigenvalue weighted by atomic mass is 79.9. The van der Waals surface area contributed by atoms with Crippen molar-refractivity contribution in [3.8, 4) is 0 Å². The van der Waals surface area contributed by atoms with Crippen molar-refractivity contribution < 1.29 is 9.53 Å². The summed E-state index contributed by atoms with van der Waals surface area (Å²) in [5, 5.41) is 5.33. The van der Waals surface area contributed by atoms with Gasteiger partial charge in [0.25, 0.3) is 0 Å². The van der Waals surface area contributed by atoms with Crippen LogP contribution in [0.4, 0.5) is 0 Å². The lowest BCUT2D eigenvalue weighted by Crippen LogP contribution is -2.26. The van der Waals surface area contributed by atoms with Crippen molar-refractivity contribution in [2.75, 3.05) is 0 Å². The fourth-order valence-corrected chi connectivity index (χ4v) is 1.98. The number of carbonyl (C=O) groups excluding carboxylic acids is 1. The zero-order valence-corrected chi connectivity index (χ0v) is 12.2. The molecule has 0 saturated heterocycles. The summed E-state index contributed by atoms with van der Waals surface area (Å²) in [4.78, 5) is 11.7. The lowest BCUT2D eigenvalue weighted by Gasteiger charge is -2.19. The van der Waals surface area contributed by atoms with E-state index in [1.165, 1.54) is 0 Å². The van der Waals surface area contributed by atoms with E-state index in [1.807, 2.05) is 45.2 Å². The molecule has 0 radical (unpaired) electrons. The number of fused-ring (bicyclic) bond motifs is 1. The van der Waals surface area contributed by atoms with Crippen LogP contribution in [0.25, 0.3) is 10.9 Å². The molecule has 18 heavy (non-hydrogen) atoms. The summed E-state index contributed by atoms with van der Waals surface area (Å²) >= 11 is 3.39. The largest absolute Gasteiger partial charge is 0.459 e. The van der Waals surface area contributed by atoms with Gasteiger partial charge in [0.2, 0.25) is 0 Å². The van der Waals surface area contributed by atoms with Gasteiger partial charge in [-0.15, -0.1) is 0 Å². The SMILES string of the molecule is CC(C)(C)OC(=O)Cn1cc2ccc(Br)cc2n1. The molecule has 1 aromatic carbocycles. The summed E-state index contributed by atoms with van der Waals surface area (Å²) < 4.78 is 7.82. The van der Waals surface area contributed by atoms with E-state index in [0.29, 0.717) is 0 Å². The molecule has 96 valence electrons. The van der Waals surface area contributed by atoms with E-state index >= 15 is 0 Å². The van der Waals surface area contributed by atoms with Gasteiger partial charge < -0.3 is 4.74 Å². The van der Waals surface area contributed by atoms with E-state index in [2.05, 4.69) is 21.0 Å². The Kier molecular flexibility index (Phi) is 3.43. The van der Waals surface area contributed by atoms with Gasteiger partial charge in [-0.1, -0.05) is 22.0 Å². The van der Waals surface area contributed by atoms with Crippen LogP contribution >= 0.6 is 15.9 Å². The minimum Gasteiger partial charge on any atom is -0.459 e. The predicted octanol–water partition coefficient (Wildman–Crippen LogP) is 3.14. The number of hydrogen-bond acceptors (Lipinski definition) is 3. The number of nitrogens with zero attached hydrogens (tertiary/aromatic N) is 2. The summed E-state index contributed by atoms with van der Waals surface area (Å²) in [5.74, 6) is -0.283. The van der Waals surface area contributed by atoms with Crippen LogP contribution in [0.3, 0.4) is 0 Å². The van der Waals surface area contributed by atoms with Crippen molar-refractivity contribution >= 4 is 32.8 Å². The lowest BCUT2D eigenvalue weighted by atomic mass is 10.2. The Hall–Kier alpha value is -1.36. The molecule has 0 aliphatic carbocycles. The lowest BCUT2D eigenvalue weighted by molar-refractivity contribution is -0.155. The molecule has 0 fully saturated rings. The van der Waals surface area contributed by atoms with Crippen LogP contribution in [0.2, 0.25) is 0 Å². The molecular formula is C13H15BrN2O2. The second-order valence-electron chi connectivity index (χ2n) is 5.12.